The molecule has 0 aromatic heterocycles. The zero-order chi connectivity index (χ0) is 15.3. The fourth-order valence-electron chi connectivity index (χ4n) is 2.91. The molecule has 1 fully saturated rings. The van der Waals surface area contributed by atoms with Gasteiger partial charge in [-0.25, -0.2) is 0 Å². The van der Waals surface area contributed by atoms with Crippen molar-refractivity contribution in [1.82, 2.24) is 5.32 Å². The molecule has 2 N–H and O–H groups in total. The van der Waals surface area contributed by atoms with Crippen LogP contribution < -0.4 is 10.2 Å². The number of carboxylic acids is 1. The highest BCUT2D eigenvalue weighted by atomic mass is 16.4. The molecule has 1 unspecified atom stereocenters. The van der Waals surface area contributed by atoms with E-state index in [2.05, 4.69) is 5.32 Å². The van der Waals surface area contributed by atoms with Crippen molar-refractivity contribution in [2.75, 3.05) is 24.5 Å². The number of piperidine rings is 1. The SMILES string of the molecule is CCC1(C(=O)N(CC(=O)O)c2ccccc2)CCCNC1. The van der Waals surface area contributed by atoms with Gasteiger partial charge in [-0.1, -0.05) is 25.1 Å². The van der Waals surface area contributed by atoms with Gasteiger partial charge in [-0.2, -0.15) is 0 Å². The third kappa shape index (κ3) is 3.42. The van der Waals surface area contributed by atoms with E-state index in [0.717, 1.165) is 19.4 Å². The van der Waals surface area contributed by atoms with Gasteiger partial charge in [0.05, 0.1) is 5.41 Å². The van der Waals surface area contributed by atoms with Crippen LogP contribution in [-0.4, -0.2) is 36.6 Å². The quantitative estimate of drug-likeness (QED) is 0.869. The van der Waals surface area contributed by atoms with Crippen LogP contribution in [0.25, 0.3) is 0 Å². The molecule has 5 heteroatoms. The largest absolute Gasteiger partial charge is 0.480 e. The highest BCUT2D eigenvalue weighted by Crippen LogP contribution is 2.34. The fraction of sp³-hybridized carbons (Fsp3) is 0.500. The second kappa shape index (κ2) is 6.72. The number of nitrogens with zero attached hydrogens (tertiary/aromatic N) is 1. The monoisotopic (exact) mass is 290 g/mol. The molecule has 21 heavy (non-hydrogen) atoms. The van der Waals surface area contributed by atoms with Gasteiger partial charge in [0.1, 0.15) is 6.54 Å². The van der Waals surface area contributed by atoms with Gasteiger partial charge < -0.3 is 15.3 Å². The Balaban J connectivity index is 2.31. The van der Waals surface area contributed by atoms with Crippen molar-refractivity contribution in [3.05, 3.63) is 30.3 Å². The van der Waals surface area contributed by atoms with Crippen LogP contribution in [0.2, 0.25) is 0 Å². The van der Waals surface area contributed by atoms with Crippen LogP contribution in [0.4, 0.5) is 5.69 Å². The van der Waals surface area contributed by atoms with Crippen molar-refractivity contribution in [1.29, 1.82) is 0 Å². The molecule has 0 aliphatic carbocycles. The first-order valence-electron chi connectivity index (χ1n) is 7.38. The number of aliphatic carboxylic acids is 1. The number of hydrogen-bond donors (Lipinski definition) is 2. The Bertz CT molecular complexity index is 496. The van der Waals surface area contributed by atoms with E-state index in [-0.39, 0.29) is 12.5 Å². The maximum Gasteiger partial charge on any atom is 0.323 e. The van der Waals surface area contributed by atoms with Gasteiger partial charge in [-0.05, 0) is 37.9 Å². The first-order chi connectivity index (χ1) is 10.1. The number of nitrogens with one attached hydrogen (secondary N) is 1. The van der Waals surface area contributed by atoms with Crippen molar-refractivity contribution >= 4 is 17.6 Å². The summed E-state index contributed by atoms with van der Waals surface area (Å²) in [6.07, 6.45) is 2.45. The molecule has 2 rings (SSSR count). The third-order valence-corrected chi connectivity index (χ3v) is 4.21. The van der Waals surface area contributed by atoms with Gasteiger partial charge in [0.2, 0.25) is 5.91 Å². The smallest absolute Gasteiger partial charge is 0.323 e. The van der Waals surface area contributed by atoms with Crippen LogP contribution in [-0.2, 0) is 9.59 Å². The molecule has 1 aromatic carbocycles. The number of rotatable bonds is 5. The minimum Gasteiger partial charge on any atom is -0.480 e. The van der Waals surface area contributed by atoms with Crippen molar-refractivity contribution in [2.24, 2.45) is 5.41 Å². The molecule has 1 amide bonds. The first-order valence-corrected chi connectivity index (χ1v) is 7.38. The number of carbonyl (C=O) groups excluding carboxylic acids is 1. The van der Waals surface area contributed by atoms with Crippen LogP contribution in [0, 0.1) is 5.41 Å². The highest BCUT2D eigenvalue weighted by Gasteiger charge is 2.41. The number of para-hydroxylation sites is 1. The maximum absolute atomic E-state index is 13.0. The van der Waals surface area contributed by atoms with Gasteiger partial charge in [0, 0.05) is 12.2 Å². The summed E-state index contributed by atoms with van der Waals surface area (Å²) < 4.78 is 0. The van der Waals surface area contributed by atoms with Crippen molar-refractivity contribution in [2.45, 2.75) is 26.2 Å². The average Bonchev–Trinajstić information content (AvgIpc) is 2.53. The first kappa shape index (κ1) is 15.5. The predicted octanol–water partition coefficient (Wildman–Crippen LogP) is 1.88. The van der Waals surface area contributed by atoms with Gasteiger partial charge in [-0.3, -0.25) is 9.59 Å². The summed E-state index contributed by atoms with van der Waals surface area (Å²) in [7, 11) is 0. The Morgan fingerprint density at radius 2 is 2.05 bits per heavy atom. The predicted molar refractivity (Wildman–Crippen MR) is 81.3 cm³/mol. The van der Waals surface area contributed by atoms with E-state index in [9.17, 15) is 9.59 Å². The van der Waals surface area contributed by atoms with Crippen LogP contribution in [0.5, 0.6) is 0 Å². The maximum atomic E-state index is 13.0. The van der Waals surface area contributed by atoms with Gasteiger partial charge >= 0.3 is 5.97 Å². The summed E-state index contributed by atoms with van der Waals surface area (Å²) in [5, 5.41) is 12.4. The number of carboxylic acid groups (broad SMARTS) is 1. The van der Waals surface area contributed by atoms with E-state index in [1.54, 1.807) is 12.1 Å². The second-order valence-electron chi connectivity index (χ2n) is 5.53. The number of hydrogen-bond acceptors (Lipinski definition) is 3. The van der Waals surface area contributed by atoms with Gasteiger partial charge in [-0.15, -0.1) is 0 Å². The molecule has 1 heterocycles. The number of carbonyl (C=O) groups is 2. The lowest BCUT2D eigenvalue weighted by atomic mass is 9.77. The molecule has 0 saturated carbocycles. The van der Waals surface area contributed by atoms with Crippen LogP contribution in [0.15, 0.2) is 30.3 Å². The van der Waals surface area contributed by atoms with E-state index in [1.165, 1.54) is 4.90 Å². The summed E-state index contributed by atoms with van der Waals surface area (Å²) in [6, 6.07) is 9.04. The van der Waals surface area contributed by atoms with E-state index in [4.69, 9.17) is 5.11 Å². The van der Waals surface area contributed by atoms with Crippen LogP contribution in [0.3, 0.4) is 0 Å². The lowest BCUT2D eigenvalue weighted by Crippen LogP contribution is -2.53. The zero-order valence-corrected chi connectivity index (χ0v) is 12.3. The molecule has 1 saturated heterocycles. The molecule has 0 radical (unpaired) electrons. The van der Waals surface area contributed by atoms with Gasteiger partial charge in [0.25, 0.3) is 0 Å². The van der Waals surface area contributed by atoms with E-state index in [0.29, 0.717) is 18.7 Å². The molecule has 1 aromatic rings. The molecular formula is C16H22N2O3. The number of amides is 1. The molecule has 1 aliphatic rings. The highest BCUT2D eigenvalue weighted by molar-refractivity contribution is 6.01. The van der Waals surface area contributed by atoms with E-state index < -0.39 is 11.4 Å². The topological polar surface area (TPSA) is 69.6 Å². The number of anilines is 1. The molecule has 114 valence electrons. The summed E-state index contributed by atoms with van der Waals surface area (Å²) in [6.45, 7) is 3.23. The standard InChI is InChI=1S/C16H22N2O3/c1-2-16(9-6-10-17-12-16)15(21)18(11-14(19)20)13-7-4-3-5-8-13/h3-5,7-8,17H,2,6,9-12H2,1H3,(H,19,20). The summed E-state index contributed by atoms with van der Waals surface area (Å²) in [5.41, 5.74) is 0.145. The molecule has 5 nitrogen and oxygen atoms in total. The molecule has 1 atom stereocenters. The van der Waals surface area contributed by atoms with E-state index >= 15 is 0 Å². The Labute approximate surface area is 125 Å². The van der Waals surface area contributed by atoms with Crippen LogP contribution in [0.1, 0.15) is 26.2 Å². The summed E-state index contributed by atoms with van der Waals surface area (Å²) in [5.74, 6) is -1.09. The van der Waals surface area contributed by atoms with Crippen molar-refractivity contribution < 1.29 is 14.7 Å². The van der Waals surface area contributed by atoms with Gasteiger partial charge in [0.15, 0.2) is 0 Å². The molecule has 0 spiro atoms. The third-order valence-electron chi connectivity index (χ3n) is 4.21. The summed E-state index contributed by atoms with van der Waals surface area (Å²) >= 11 is 0. The average molecular weight is 290 g/mol. The zero-order valence-electron chi connectivity index (χ0n) is 12.3. The van der Waals surface area contributed by atoms with Crippen LogP contribution >= 0.6 is 0 Å². The molecule has 0 bridgehead atoms. The fourth-order valence-corrected chi connectivity index (χ4v) is 2.91. The Hall–Kier alpha value is -1.88. The van der Waals surface area contributed by atoms with Crippen molar-refractivity contribution in [3.63, 3.8) is 0 Å². The summed E-state index contributed by atoms with van der Waals surface area (Å²) in [4.78, 5) is 25.6. The lowest BCUT2D eigenvalue weighted by Gasteiger charge is -2.39. The lowest BCUT2D eigenvalue weighted by molar-refractivity contribution is -0.138. The Morgan fingerprint density at radius 1 is 1.33 bits per heavy atom. The normalized spacial score (nSPS) is 21.8. The Kier molecular flexibility index (Phi) is 4.96. The van der Waals surface area contributed by atoms with E-state index in [1.807, 2.05) is 25.1 Å². The minimum absolute atomic E-state index is 0.0919. The van der Waals surface area contributed by atoms with Crippen molar-refractivity contribution in [3.8, 4) is 0 Å². The molecular weight excluding hydrogens is 268 g/mol. The molecule has 1 aliphatic heterocycles. The Morgan fingerprint density at radius 3 is 2.57 bits per heavy atom. The second-order valence-corrected chi connectivity index (χ2v) is 5.53. The number of benzene rings is 1. The minimum atomic E-state index is -0.998.